The third kappa shape index (κ3) is 3.69. The third-order valence-corrected chi connectivity index (χ3v) is 4.88. The predicted molar refractivity (Wildman–Crippen MR) is 94.1 cm³/mol. The summed E-state index contributed by atoms with van der Waals surface area (Å²) in [5.41, 5.74) is 2.79. The first-order valence-corrected chi connectivity index (χ1v) is 8.62. The molecule has 1 aromatic carbocycles. The van der Waals surface area contributed by atoms with E-state index in [2.05, 4.69) is 5.10 Å². The van der Waals surface area contributed by atoms with Crippen LogP contribution in [0.5, 0.6) is 0 Å². The van der Waals surface area contributed by atoms with Crippen LogP contribution in [0.2, 0.25) is 5.02 Å². The molecule has 1 aromatic heterocycles. The maximum absolute atomic E-state index is 12.1. The Kier molecular flexibility index (Phi) is 5.08. The summed E-state index contributed by atoms with van der Waals surface area (Å²) in [5.74, 6) is -0.648. The van der Waals surface area contributed by atoms with E-state index in [9.17, 15) is 9.59 Å². The molecule has 1 aliphatic heterocycles. The van der Waals surface area contributed by atoms with E-state index in [1.165, 1.54) is 0 Å². The summed E-state index contributed by atoms with van der Waals surface area (Å²) < 4.78 is 6.85. The Morgan fingerprint density at radius 2 is 1.80 bits per heavy atom. The molecule has 0 spiro atoms. The topological polar surface area (TPSA) is 64.4 Å². The zero-order valence-corrected chi connectivity index (χ0v) is 15.0. The first-order valence-electron chi connectivity index (χ1n) is 8.24. The van der Waals surface area contributed by atoms with Crippen molar-refractivity contribution in [1.82, 2.24) is 14.7 Å². The van der Waals surface area contributed by atoms with Crippen molar-refractivity contribution in [3.8, 4) is 5.69 Å². The number of amides is 1. The summed E-state index contributed by atoms with van der Waals surface area (Å²) >= 11 is 6.16. The number of ether oxygens (including phenoxy) is 1. The van der Waals surface area contributed by atoms with Gasteiger partial charge >= 0.3 is 5.97 Å². The maximum Gasteiger partial charge on any atom is 0.338 e. The summed E-state index contributed by atoms with van der Waals surface area (Å²) in [6, 6.07) is 6.86. The highest BCUT2D eigenvalue weighted by Gasteiger charge is 2.19. The number of aromatic nitrogens is 2. The lowest BCUT2D eigenvalue weighted by molar-refractivity contribution is -0.133. The number of rotatable bonds is 4. The van der Waals surface area contributed by atoms with E-state index in [0.29, 0.717) is 10.6 Å². The molecule has 1 saturated heterocycles. The number of hydrogen-bond donors (Lipinski definition) is 0. The second-order valence-electron chi connectivity index (χ2n) is 6.11. The number of carbonyl (C=O) groups excluding carboxylic acids is 2. The highest BCUT2D eigenvalue weighted by Crippen LogP contribution is 2.22. The molecule has 2 heterocycles. The zero-order chi connectivity index (χ0) is 18.0. The fraction of sp³-hybridized carbons (Fsp3) is 0.389. The van der Waals surface area contributed by atoms with Crippen LogP contribution in [-0.4, -0.2) is 46.3 Å². The largest absolute Gasteiger partial charge is 0.452 e. The molecule has 0 N–H and O–H groups in total. The number of carbonyl (C=O) groups is 2. The smallest absolute Gasteiger partial charge is 0.338 e. The van der Waals surface area contributed by atoms with Crippen LogP contribution in [0.3, 0.4) is 0 Å². The number of esters is 1. The molecule has 0 radical (unpaired) electrons. The molecule has 3 rings (SSSR count). The first kappa shape index (κ1) is 17.5. The van der Waals surface area contributed by atoms with Gasteiger partial charge in [-0.1, -0.05) is 11.6 Å². The van der Waals surface area contributed by atoms with E-state index in [1.54, 1.807) is 33.8 Å². The molecule has 2 aromatic rings. The lowest BCUT2D eigenvalue weighted by atomic mass is 10.2. The van der Waals surface area contributed by atoms with E-state index in [0.717, 1.165) is 43.0 Å². The van der Waals surface area contributed by atoms with Gasteiger partial charge < -0.3 is 9.64 Å². The van der Waals surface area contributed by atoms with Crippen molar-refractivity contribution in [2.24, 2.45) is 0 Å². The number of likely N-dealkylation sites (tertiary alicyclic amines) is 1. The fourth-order valence-electron chi connectivity index (χ4n) is 2.88. The van der Waals surface area contributed by atoms with Gasteiger partial charge in [0, 0.05) is 13.1 Å². The average Bonchev–Trinajstić information content (AvgIpc) is 3.24. The summed E-state index contributed by atoms with van der Waals surface area (Å²) in [6.07, 6.45) is 2.02. The van der Waals surface area contributed by atoms with Gasteiger partial charge in [-0.2, -0.15) is 5.10 Å². The van der Waals surface area contributed by atoms with Crippen molar-refractivity contribution >= 4 is 23.5 Å². The highest BCUT2D eigenvalue weighted by atomic mass is 35.5. The Morgan fingerprint density at radius 1 is 1.16 bits per heavy atom. The number of aryl methyl sites for hydroxylation is 1. The Labute approximate surface area is 151 Å². The Morgan fingerprint density at radius 3 is 2.36 bits per heavy atom. The molecule has 25 heavy (non-hydrogen) atoms. The van der Waals surface area contributed by atoms with Gasteiger partial charge in [-0.25, -0.2) is 9.48 Å². The van der Waals surface area contributed by atoms with Crippen molar-refractivity contribution in [3.63, 3.8) is 0 Å². The molecule has 0 aliphatic carbocycles. The van der Waals surface area contributed by atoms with Crippen molar-refractivity contribution < 1.29 is 14.3 Å². The molecule has 0 saturated carbocycles. The number of hydrogen-bond acceptors (Lipinski definition) is 4. The number of halogens is 1. The summed E-state index contributed by atoms with van der Waals surface area (Å²) in [4.78, 5) is 25.7. The minimum Gasteiger partial charge on any atom is -0.452 e. The molecular weight excluding hydrogens is 342 g/mol. The molecule has 0 bridgehead atoms. The van der Waals surface area contributed by atoms with Crippen LogP contribution in [0.15, 0.2) is 24.3 Å². The lowest BCUT2D eigenvalue weighted by Gasteiger charge is -2.15. The van der Waals surface area contributed by atoms with Gasteiger partial charge in [-0.15, -0.1) is 0 Å². The van der Waals surface area contributed by atoms with Gasteiger partial charge in [0.05, 0.1) is 27.7 Å². The van der Waals surface area contributed by atoms with E-state index >= 15 is 0 Å². The Bertz CT molecular complexity index is 793. The molecule has 1 aliphatic rings. The van der Waals surface area contributed by atoms with Crippen LogP contribution >= 0.6 is 11.6 Å². The molecule has 7 heteroatoms. The second-order valence-corrected chi connectivity index (χ2v) is 6.49. The molecule has 6 nitrogen and oxygen atoms in total. The predicted octanol–water partition coefficient (Wildman–Crippen LogP) is 2.92. The van der Waals surface area contributed by atoms with E-state index in [4.69, 9.17) is 16.3 Å². The summed E-state index contributed by atoms with van der Waals surface area (Å²) in [7, 11) is 0. The van der Waals surface area contributed by atoms with Crippen LogP contribution in [0, 0.1) is 13.8 Å². The van der Waals surface area contributed by atoms with E-state index in [1.807, 2.05) is 13.8 Å². The number of nitrogens with zero attached hydrogens (tertiary/aromatic N) is 3. The monoisotopic (exact) mass is 361 g/mol. The maximum atomic E-state index is 12.1. The van der Waals surface area contributed by atoms with Crippen LogP contribution in [-0.2, 0) is 9.53 Å². The van der Waals surface area contributed by atoms with Crippen molar-refractivity contribution in [3.05, 3.63) is 46.2 Å². The molecule has 0 unspecified atom stereocenters. The van der Waals surface area contributed by atoms with Crippen LogP contribution < -0.4 is 0 Å². The second kappa shape index (κ2) is 7.27. The van der Waals surface area contributed by atoms with Gasteiger partial charge in [0.15, 0.2) is 6.61 Å². The fourth-order valence-corrected chi connectivity index (χ4v) is 3.00. The highest BCUT2D eigenvalue weighted by molar-refractivity contribution is 6.31. The molecule has 132 valence electrons. The van der Waals surface area contributed by atoms with Gasteiger partial charge in [0.1, 0.15) is 0 Å². The number of benzene rings is 1. The Balaban J connectivity index is 1.64. The molecule has 1 amide bonds. The minimum atomic E-state index is -0.509. The first-order chi connectivity index (χ1) is 12.0. The van der Waals surface area contributed by atoms with Gasteiger partial charge in [-0.3, -0.25) is 4.79 Å². The quantitative estimate of drug-likeness (QED) is 0.785. The molecular formula is C18H20ClN3O3. The van der Waals surface area contributed by atoms with E-state index in [-0.39, 0.29) is 12.5 Å². The van der Waals surface area contributed by atoms with Crippen molar-refractivity contribution in [2.45, 2.75) is 26.7 Å². The van der Waals surface area contributed by atoms with Gasteiger partial charge in [0.25, 0.3) is 5.91 Å². The zero-order valence-electron chi connectivity index (χ0n) is 14.3. The van der Waals surface area contributed by atoms with Crippen LogP contribution in [0.1, 0.15) is 34.6 Å². The van der Waals surface area contributed by atoms with Gasteiger partial charge in [0.2, 0.25) is 0 Å². The minimum absolute atomic E-state index is 0.139. The standard InChI is InChI=1S/C18H20ClN3O3/c1-12-17(19)13(2)22(20-12)15-7-5-14(6-8-15)18(24)25-11-16(23)21-9-3-4-10-21/h5-8H,3-4,9-11H2,1-2H3. The summed E-state index contributed by atoms with van der Waals surface area (Å²) in [5, 5.41) is 5.01. The van der Waals surface area contributed by atoms with Crippen molar-refractivity contribution in [1.29, 1.82) is 0 Å². The Hall–Kier alpha value is -2.34. The van der Waals surface area contributed by atoms with E-state index < -0.39 is 5.97 Å². The van der Waals surface area contributed by atoms with Crippen molar-refractivity contribution in [2.75, 3.05) is 19.7 Å². The normalized spacial score (nSPS) is 14.0. The average molecular weight is 362 g/mol. The lowest BCUT2D eigenvalue weighted by Crippen LogP contribution is -2.32. The van der Waals surface area contributed by atoms with Crippen LogP contribution in [0.25, 0.3) is 5.69 Å². The SMILES string of the molecule is Cc1nn(-c2ccc(C(=O)OCC(=O)N3CCCC3)cc2)c(C)c1Cl. The van der Waals surface area contributed by atoms with Crippen LogP contribution in [0.4, 0.5) is 0 Å². The molecule has 1 fully saturated rings. The molecule has 0 atom stereocenters. The third-order valence-electron chi connectivity index (χ3n) is 4.34. The van der Waals surface area contributed by atoms with Gasteiger partial charge in [-0.05, 0) is 51.0 Å². The summed E-state index contributed by atoms with van der Waals surface area (Å²) in [6.45, 7) is 5.00.